The van der Waals surface area contributed by atoms with E-state index >= 15 is 0 Å². The topological polar surface area (TPSA) is 47.6 Å². The van der Waals surface area contributed by atoms with Crippen LogP contribution < -0.4 is 0 Å². The molecule has 21 heavy (non-hydrogen) atoms. The summed E-state index contributed by atoms with van der Waals surface area (Å²) in [7, 11) is 0. The number of hydrogen-bond donors (Lipinski definition) is 1. The van der Waals surface area contributed by atoms with Crippen molar-refractivity contribution in [3.8, 4) is 6.07 Å². The lowest BCUT2D eigenvalue weighted by molar-refractivity contribution is -0.193. The molecule has 0 amide bonds. The lowest BCUT2D eigenvalue weighted by atomic mass is 9.35. The van der Waals surface area contributed by atoms with E-state index in [0.29, 0.717) is 5.41 Å². The fraction of sp³-hybridized carbons (Fsp3) is 0.778. The van der Waals surface area contributed by atoms with Gasteiger partial charge in [0.25, 0.3) is 0 Å². The third-order valence-electron chi connectivity index (χ3n) is 5.52. The van der Waals surface area contributed by atoms with Crippen molar-refractivity contribution < 1.29 is 0 Å². The van der Waals surface area contributed by atoms with E-state index in [4.69, 9.17) is 10.7 Å². The maximum absolute atomic E-state index is 8.38. The Hall–Kier alpha value is -0.370. The summed E-state index contributed by atoms with van der Waals surface area (Å²) in [6.07, 6.45) is 13.2. The minimum atomic E-state index is 0.657. The van der Waals surface area contributed by atoms with Crippen LogP contribution in [0.4, 0.5) is 0 Å². The summed E-state index contributed by atoms with van der Waals surface area (Å²) in [5, 5.41) is 14.6. The Kier molecular flexibility index (Phi) is 4.60. The van der Waals surface area contributed by atoms with Crippen LogP contribution in [0.2, 0.25) is 0 Å². The van der Waals surface area contributed by atoms with Crippen LogP contribution in [0.1, 0.15) is 65.2 Å². The predicted molar refractivity (Wildman–Crippen MR) is 96.9 cm³/mol. The Balaban J connectivity index is 0.000000128. The summed E-state index contributed by atoms with van der Waals surface area (Å²) in [6.45, 7) is 7.99. The lowest BCUT2D eigenvalue weighted by Crippen LogP contribution is -2.61. The van der Waals surface area contributed by atoms with Gasteiger partial charge in [-0.15, -0.1) is 0 Å². The molecule has 0 saturated heterocycles. The first kappa shape index (κ1) is 17.0. The summed E-state index contributed by atoms with van der Waals surface area (Å²) >= 11 is 2.60. The van der Waals surface area contributed by atoms with Crippen LogP contribution in [0.25, 0.3) is 0 Å². The molecule has 6 fully saturated rings. The van der Waals surface area contributed by atoms with Gasteiger partial charge in [-0.2, -0.15) is 5.26 Å². The molecule has 6 saturated carbocycles. The summed E-state index contributed by atoms with van der Waals surface area (Å²) in [6, 6.07) is 2.23. The van der Waals surface area contributed by atoms with Gasteiger partial charge in [-0.05, 0) is 61.2 Å². The molecular formula is C18H27IN2. The third kappa shape index (κ3) is 3.52. The van der Waals surface area contributed by atoms with Crippen molar-refractivity contribution in [2.24, 2.45) is 16.2 Å². The fourth-order valence-corrected chi connectivity index (χ4v) is 8.05. The molecule has 0 unspecified atom stereocenters. The van der Waals surface area contributed by atoms with Crippen molar-refractivity contribution in [3.63, 3.8) is 0 Å². The first-order valence-electron chi connectivity index (χ1n) is 7.89. The quantitative estimate of drug-likeness (QED) is 0.372. The monoisotopic (exact) mass is 398 g/mol. The highest BCUT2D eigenvalue weighted by Crippen LogP contribution is 2.74. The average molecular weight is 398 g/mol. The largest absolute Gasteiger partial charge is 0.309 e. The molecule has 116 valence electrons. The van der Waals surface area contributed by atoms with E-state index in [-0.39, 0.29) is 0 Å². The van der Waals surface area contributed by atoms with Gasteiger partial charge >= 0.3 is 0 Å². The van der Waals surface area contributed by atoms with Crippen molar-refractivity contribution in [2.75, 3.05) is 0 Å². The molecule has 2 nitrogen and oxygen atoms in total. The lowest BCUT2D eigenvalue weighted by Gasteiger charge is -2.70. The van der Waals surface area contributed by atoms with Gasteiger partial charge in [-0.1, -0.05) is 49.1 Å². The van der Waals surface area contributed by atoms with Crippen LogP contribution in [0.5, 0.6) is 0 Å². The molecule has 0 aromatic heterocycles. The highest BCUT2D eigenvalue weighted by molar-refractivity contribution is 14.1. The summed E-state index contributed by atoms with van der Waals surface area (Å²) in [5.74, 6) is 0. The number of nitrogens with zero attached hydrogens (tertiary/aromatic N) is 1. The van der Waals surface area contributed by atoms with Crippen LogP contribution in [-0.4, -0.2) is 9.64 Å². The molecule has 0 spiro atoms. The zero-order valence-electron chi connectivity index (χ0n) is 13.3. The van der Waals surface area contributed by atoms with Gasteiger partial charge in [0.2, 0.25) is 0 Å². The Morgan fingerprint density at radius 1 is 1.14 bits per heavy atom. The minimum absolute atomic E-state index is 0.657. The van der Waals surface area contributed by atoms with E-state index in [1.165, 1.54) is 51.0 Å². The van der Waals surface area contributed by atoms with Crippen molar-refractivity contribution in [1.29, 1.82) is 10.7 Å². The molecule has 0 aromatic carbocycles. The zero-order valence-corrected chi connectivity index (χ0v) is 15.5. The highest BCUT2D eigenvalue weighted by Gasteiger charge is 2.64. The normalized spacial score (nSPS) is 46.2. The maximum Gasteiger partial charge on any atom is 0.0621 e. The van der Waals surface area contributed by atoms with Gasteiger partial charge < -0.3 is 5.41 Å². The van der Waals surface area contributed by atoms with Crippen LogP contribution in [-0.2, 0) is 0 Å². The van der Waals surface area contributed by atoms with Gasteiger partial charge in [-0.25, -0.2) is 0 Å². The van der Waals surface area contributed by atoms with Gasteiger partial charge in [0.15, 0.2) is 0 Å². The molecule has 0 atom stereocenters. The number of nitrogens with one attached hydrogen (secondary N) is 1. The van der Waals surface area contributed by atoms with Crippen LogP contribution >= 0.6 is 22.6 Å². The Bertz CT molecular complexity index is 417. The number of nitriles is 1. The second-order valence-electron chi connectivity index (χ2n) is 8.39. The number of rotatable bonds is 3. The smallest absolute Gasteiger partial charge is 0.0621 e. The highest BCUT2D eigenvalue weighted by atomic mass is 127. The summed E-state index contributed by atoms with van der Waals surface area (Å²) in [4.78, 5) is 0. The van der Waals surface area contributed by atoms with Crippen molar-refractivity contribution in [3.05, 3.63) is 12.7 Å². The number of alkyl halides is 1. The van der Waals surface area contributed by atoms with E-state index in [1.807, 2.05) is 0 Å². The Morgan fingerprint density at radius 3 is 1.76 bits per heavy atom. The SMILES string of the molecule is C=CC=N.CC12CC(CCC#N)(C1)C2.CC12CC(I)(C1)C2. The van der Waals surface area contributed by atoms with E-state index in [2.05, 4.69) is 49.1 Å². The second kappa shape index (κ2) is 5.68. The molecule has 3 heteroatoms. The van der Waals surface area contributed by atoms with Crippen molar-refractivity contribution >= 4 is 28.8 Å². The molecule has 0 heterocycles. The molecule has 0 radical (unpaired) electrons. The number of allylic oxidation sites excluding steroid dienone is 1. The Morgan fingerprint density at radius 2 is 1.57 bits per heavy atom. The third-order valence-corrected chi connectivity index (χ3v) is 6.67. The number of halogens is 1. The molecule has 4 bridgehead atoms. The van der Waals surface area contributed by atoms with Crippen LogP contribution in [0.3, 0.4) is 0 Å². The van der Waals surface area contributed by atoms with E-state index < -0.39 is 0 Å². The van der Waals surface area contributed by atoms with E-state index in [1.54, 1.807) is 0 Å². The molecular weight excluding hydrogens is 371 g/mol. The molecule has 0 aliphatic heterocycles. The maximum atomic E-state index is 8.38. The molecule has 6 rings (SSSR count). The molecule has 0 aromatic rings. The summed E-state index contributed by atoms with van der Waals surface area (Å²) < 4.78 is 0.798. The van der Waals surface area contributed by atoms with Gasteiger partial charge in [0.05, 0.1) is 6.07 Å². The molecule has 1 N–H and O–H groups in total. The minimum Gasteiger partial charge on any atom is -0.309 e. The van der Waals surface area contributed by atoms with Gasteiger partial charge in [0.1, 0.15) is 0 Å². The standard InChI is InChI=1S/C9H13N.C6H9I.C3H5N/c1-8-5-9(6-8,7-8)3-2-4-10;1-5-2-6(7,3-5)4-5;1-2-3-4/h2-3,5-7H2,1H3;2-4H2,1H3;2-4H,1H2. The van der Waals surface area contributed by atoms with Crippen molar-refractivity contribution in [2.45, 2.75) is 68.6 Å². The van der Waals surface area contributed by atoms with Crippen molar-refractivity contribution in [1.82, 2.24) is 0 Å². The van der Waals surface area contributed by atoms with Gasteiger partial charge in [-0.3, -0.25) is 0 Å². The van der Waals surface area contributed by atoms with Gasteiger partial charge in [0, 0.05) is 16.1 Å². The average Bonchev–Trinajstić information content (AvgIpc) is 2.30. The fourth-order valence-electron chi connectivity index (χ4n) is 5.29. The van der Waals surface area contributed by atoms with E-state index in [9.17, 15) is 0 Å². The van der Waals surface area contributed by atoms with Crippen LogP contribution in [0.15, 0.2) is 12.7 Å². The summed E-state index contributed by atoms with van der Waals surface area (Å²) in [5.41, 5.74) is 2.20. The van der Waals surface area contributed by atoms with Crippen LogP contribution in [0, 0.1) is 33.0 Å². The predicted octanol–water partition coefficient (Wildman–Crippen LogP) is 5.67. The number of hydrogen-bond acceptors (Lipinski definition) is 2. The second-order valence-corrected chi connectivity index (χ2v) is 10.7. The molecule has 6 aliphatic carbocycles. The molecule has 6 aliphatic rings. The zero-order chi connectivity index (χ0) is 15.8. The first-order valence-corrected chi connectivity index (χ1v) is 8.97. The first-order chi connectivity index (χ1) is 9.72. The Labute approximate surface area is 143 Å². The van der Waals surface area contributed by atoms with E-state index in [0.717, 1.165) is 26.9 Å².